The second kappa shape index (κ2) is 27.5. The Bertz CT molecular complexity index is 2070. The van der Waals surface area contributed by atoms with E-state index in [0.29, 0.717) is 23.7 Å². The van der Waals surface area contributed by atoms with Crippen molar-refractivity contribution in [3.05, 3.63) is 128 Å². The first kappa shape index (κ1) is 59.6. The summed E-state index contributed by atoms with van der Waals surface area (Å²) in [5.41, 5.74) is 2.53. The van der Waals surface area contributed by atoms with Crippen LogP contribution in [0.1, 0.15) is 58.2 Å². The number of rotatable bonds is 29. The van der Waals surface area contributed by atoms with Crippen molar-refractivity contribution in [3.63, 3.8) is 0 Å². The Morgan fingerprint density at radius 1 is 0.514 bits per heavy atom. The van der Waals surface area contributed by atoms with Gasteiger partial charge in [0.2, 0.25) is 12.6 Å². The van der Waals surface area contributed by atoms with Crippen molar-refractivity contribution in [2.75, 3.05) is 19.8 Å². The molecule has 3 aromatic carbocycles. The molecule has 0 aromatic heterocycles. The Morgan fingerprint density at radius 3 is 1.33 bits per heavy atom. The maximum absolute atomic E-state index is 13.8. The topological polar surface area (TPSA) is 169 Å². The zero-order chi connectivity index (χ0) is 52.8. The summed E-state index contributed by atoms with van der Waals surface area (Å²) >= 11 is 0. The van der Waals surface area contributed by atoms with Crippen LogP contribution < -0.4 is 0 Å². The van der Waals surface area contributed by atoms with Crippen molar-refractivity contribution in [2.24, 2.45) is 23.7 Å². The molecule has 2 unspecified atom stereocenters. The summed E-state index contributed by atoms with van der Waals surface area (Å²) in [6.07, 6.45) is -9.05. The number of hydrogen-bond donors (Lipinski definition) is 0. The smallest absolute Gasteiger partial charge is 0.291 e. The third kappa shape index (κ3) is 18.5. The molecule has 0 amide bonds. The largest absolute Gasteiger partial charge is 0.415 e. The Morgan fingerprint density at radius 2 is 0.903 bits per heavy atom. The van der Waals surface area contributed by atoms with E-state index in [1.54, 1.807) is 0 Å². The van der Waals surface area contributed by atoms with Gasteiger partial charge in [0, 0.05) is 24.5 Å². The lowest BCUT2D eigenvalue weighted by atomic mass is 9.95. The molecule has 12 atom stereocenters. The molecule has 0 aliphatic carbocycles. The number of ether oxygens (including phenoxy) is 7. The van der Waals surface area contributed by atoms with Crippen molar-refractivity contribution in [1.29, 1.82) is 0 Å². The van der Waals surface area contributed by atoms with Crippen molar-refractivity contribution < 1.29 is 51.9 Å². The third-order valence-electron chi connectivity index (χ3n) is 14.1. The number of hydrogen-bond acceptors (Lipinski definition) is 13. The Kier molecular flexibility index (Phi) is 22.8. The van der Waals surface area contributed by atoms with Crippen LogP contribution >= 0.6 is 0 Å². The summed E-state index contributed by atoms with van der Waals surface area (Å²) in [6, 6.07) is 27.9. The van der Waals surface area contributed by atoms with Crippen LogP contribution in [0.15, 0.2) is 91.0 Å². The van der Waals surface area contributed by atoms with Crippen molar-refractivity contribution >= 4 is 24.7 Å². The highest BCUT2D eigenvalue weighted by Gasteiger charge is 2.59. The van der Waals surface area contributed by atoms with Gasteiger partial charge < -0.3 is 42.0 Å². The maximum atomic E-state index is 13.8. The number of nitrogens with zero attached hydrogens (tertiary/aromatic N) is 2. The molecule has 0 bridgehead atoms. The lowest BCUT2D eigenvalue weighted by Gasteiger charge is -2.46. The lowest BCUT2D eigenvalue weighted by Crippen LogP contribution is -2.66. The monoisotopic (exact) mass is 1050 g/mol. The van der Waals surface area contributed by atoms with E-state index in [1.807, 2.05) is 91.0 Å². The molecule has 0 saturated carbocycles. The molecule has 18 heteroatoms. The van der Waals surface area contributed by atoms with Crippen LogP contribution in [0, 0.1) is 43.9 Å². The fraction of sp³-hybridized carbons (Fsp3) is 0.667. The number of nitro groups is 2. The molecule has 2 saturated heterocycles. The molecule has 3 aromatic rings. The SMILES string of the molecule is CC(C)C(C)C[Si](C)(C)OC[C@H]1O[C@@H](OC[C@H]2O[C@H](OCC[Si](C)(C)C)[C@H]([N+](=O)[O-])[C@@H](OCc3ccccc3)[C@H]2OCc2ccccc2)[C@H]([N+](=O)[O-])[C@@H](O[Si](C)(C)CC(C)C(C)C)[C@H]1OCc1ccccc1. The quantitative estimate of drug-likeness (QED) is 0.0366. The minimum atomic E-state index is -2.68. The van der Waals surface area contributed by atoms with Crippen molar-refractivity contribution in [1.82, 2.24) is 0 Å². The van der Waals surface area contributed by atoms with Crippen LogP contribution in [0.3, 0.4) is 0 Å². The van der Waals surface area contributed by atoms with Gasteiger partial charge in [0.25, 0.3) is 12.1 Å². The highest BCUT2D eigenvalue weighted by Crippen LogP contribution is 2.37. The average Bonchev–Trinajstić information content (AvgIpc) is 3.30. The van der Waals surface area contributed by atoms with Crippen LogP contribution in [-0.2, 0) is 61.8 Å². The van der Waals surface area contributed by atoms with E-state index < -0.39 is 90.9 Å². The van der Waals surface area contributed by atoms with Gasteiger partial charge in [0.15, 0.2) is 22.7 Å². The Balaban J connectivity index is 1.57. The van der Waals surface area contributed by atoms with Gasteiger partial charge in [-0.1, -0.05) is 152 Å². The van der Waals surface area contributed by atoms with Gasteiger partial charge >= 0.3 is 0 Å². The molecule has 2 aliphatic rings. The van der Waals surface area contributed by atoms with E-state index in [9.17, 15) is 20.2 Å². The molecule has 15 nitrogen and oxygen atoms in total. The van der Waals surface area contributed by atoms with Gasteiger partial charge in [-0.15, -0.1) is 0 Å². The van der Waals surface area contributed by atoms with Crippen molar-refractivity contribution in [2.45, 2.75) is 187 Å². The molecule has 2 aliphatic heterocycles. The summed E-state index contributed by atoms with van der Waals surface area (Å²) in [5, 5.41) is 27.0. The van der Waals surface area contributed by atoms with E-state index in [1.165, 1.54) is 0 Å². The molecular weight excluding hydrogens is 969 g/mol. The van der Waals surface area contributed by atoms with Gasteiger partial charge in [-0.05, 0) is 84.7 Å². The molecule has 2 heterocycles. The average molecular weight is 1060 g/mol. The Labute approximate surface area is 432 Å². The molecule has 5 rings (SSSR count). The summed E-state index contributed by atoms with van der Waals surface area (Å²) in [6.45, 7) is 28.6. The summed E-state index contributed by atoms with van der Waals surface area (Å²) in [7, 11) is -6.67. The first-order chi connectivity index (χ1) is 33.9. The van der Waals surface area contributed by atoms with E-state index in [-0.39, 0.29) is 44.6 Å². The molecule has 0 spiro atoms. The fourth-order valence-electron chi connectivity index (χ4n) is 9.28. The predicted molar refractivity (Wildman–Crippen MR) is 287 cm³/mol. The first-order valence-corrected chi connectivity index (χ1v) is 36.0. The molecular formula is C54H86N2O13Si3. The summed E-state index contributed by atoms with van der Waals surface area (Å²) in [5.74, 6) is 1.54. The van der Waals surface area contributed by atoms with Crippen LogP contribution in [0.2, 0.25) is 64.0 Å². The van der Waals surface area contributed by atoms with E-state index in [4.69, 9.17) is 42.0 Å². The van der Waals surface area contributed by atoms with Crippen LogP contribution in [-0.4, -0.2) is 116 Å². The molecule has 402 valence electrons. The van der Waals surface area contributed by atoms with E-state index in [0.717, 1.165) is 34.8 Å². The molecule has 72 heavy (non-hydrogen) atoms. The minimum absolute atomic E-state index is 0.0428. The van der Waals surface area contributed by atoms with Crippen LogP contribution in [0.5, 0.6) is 0 Å². The maximum Gasteiger partial charge on any atom is 0.291 e. The van der Waals surface area contributed by atoms with Gasteiger partial charge in [-0.25, -0.2) is 0 Å². The summed E-state index contributed by atoms with van der Waals surface area (Å²) in [4.78, 5) is 26.2. The highest BCUT2D eigenvalue weighted by molar-refractivity contribution is 6.76. The number of benzene rings is 3. The second-order valence-electron chi connectivity index (χ2n) is 23.2. The van der Waals surface area contributed by atoms with Gasteiger partial charge in [-0.3, -0.25) is 20.2 Å². The van der Waals surface area contributed by atoms with E-state index in [2.05, 4.69) is 87.4 Å². The lowest BCUT2D eigenvalue weighted by molar-refractivity contribution is -0.580. The summed E-state index contributed by atoms with van der Waals surface area (Å²) < 4.78 is 60.6. The van der Waals surface area contributed by atoms with Gasteiger partial charge in [0.05, 0.1) is 33.0 Å². The van der Waals surface area contributed by atoms with Crippen LogP contribution in [0.25, 0.3) is 0 Å². The fourth-order valence-corrected chi connectivity index (χ4v) is 15.9. The predicted octanol–water partition coefficient (Wildman–Crippen LogP) is 11.3. The zero-order valence-corrected chi connectivity index (χ0v) is 48.3. The normalized spacial score (nSPS) is 26.2. The highest BCUT2D eigenvalue weighted by atomic mass is 28.4. The van der Waals surface area contributed by atoms with Crippen molar-refractivity contribution in [3.8, 4) is 0 Å². The molecule has 0 N–H and O–H groups in total. The Hall–Kier alpha value is -3.25. The van der Waals surface area contributed by atoms with E-state index >= 15 is 0 Å². The van der Waals surface area contributed by atoms with Crippen LogP contribution in [0.4, 0.5) is 0 Å². The third-order valence-corrected chi connectivity index (χ3v) is 20.9. The second-order valence-corrected chi connectivity index (χ2v) is 37.2. The van der Waals surface area contributed by atoms with Gasteiger partial charge in [-0.2, -0.15) is 0 Å². The zero-order valence-electron chi connectivity index (χ0n) is 45.3. The molecule has 2 fully saturated rings. The first-order valence-electron chi connectivity index (χ1n) is 26.0. The minimum Gasteiger partial charge on any atom is -0.415 e. The molecule has 0 radical (unpaired) electrons. The standard InChI is InChI=1S/C54H86N2O13Si3/c1-38(2)40(5)36-71(10,11)66-35-46-50(63-32-43-25-19-15-20-26-43)52(69-72(12,13)37-41(6)39(3)4)48(56(59)60)54(68-46)65-34-45-49(62-31-42-23-17-14-18-24-42)51(64-33-44-27-21-16-22-28-44)47(55(57)58)53(67-45)61-29-30-70(7,8)9/h14-28,38-41,45-54H,29-37H2,1-13H3/t40?,41?,45-,46-,47-,48-,49+,50+,51-,52-,53+,54-/m1/s1. The van der Waals surface area contributed by atoms with Gasteiger partial charge in [0.1, 0.15) is 30.5 Å².